The largest absolute Gasteiger partial charge is 0.471 e. The predicted octanol–water partition coefficient (Wildman–Crippen LogP) is 2.37. The molecule has 0 aliphatic carbocycles. The van der Waals surface area contributed by atoms with Gasteiger partial charge in [0, 0.05) is 29.7 Å². The van der Waals surface area contributed by atoms with E-state index in [1.807, 2.05) is 6.26 Å². The Balaban J connectivity index is 2.12. The molecular formula is C19H23BF3N3O2S2. The minimum atomic E-state index is -4.91. The van der Waals surface area contributed by atoms with Gasteiger partial charge in [-0.3, -0.25) is 9.59 Å². The van der Waals surface area contributed by atoms with E-state index in [-0.39, 0.29) is 32.0 Å². The molecule has 0 saturated heterocycles. The van der Waals surface area contributed by atoms with Gasteiger partial charge in [-0.15, -0.1) is 0 Å². The van der Waals surface area contributed by atoms with Gasteiger partial charge in [-0.2, -0.15) is 24.9 Å². The van der Waals surface area contributed by atoms with Crippen LogP contribution in [0.3, 0.4) is 0 Å². The molecule has 11 heteroatoms. The van der Waals surface area contributed by atoms with Crippen LogP contribution in [-0.2, 0) is 17.6 Å². The molecule has 0 fully saturated rings. The van der Waals surface area contributed by atoms with E-state index in [1.165, 1.54) is 0 Å². The molecule has 1 aliphatic rings. The maximum absolute atomic E-state index is 12.8. The monoisotopic (exact) mass is 457 g/mol. The summed E-state index contributed by atoms with van der Waals surface area (Å²) in [7, 11) is 6.05. The van der Waals surface area contributed by atoms with Crippen LogP contribution >= 0.6 is 23.5 Å². The van der Waals surface area contributed by atoms with Crippen LogP contribution in [0, 0.1) is 0 Å². The maximum Gasteiger partial charge on any atom is 0.471 e. The molecule has 2 rings (SSSR count). The number of alkyl halides is 3. The fraction of sp³-hybridized carbons (Fsp3) is 0.474. The van der Waals surface area contributed by atoms with Gasteiger partial charge in [-0.25, -0.2) is 0 Å². The highest BCUT2D eigenvalue weighted by molar-refractivity contribution is 8.13. The molecule has 30 heavy (non-hydrogen) atoms. The lowest BCUT2D eigenvalue weighted by atomic mass is 9.90. The van der Waals surface area contributed by atoms with Crippen molar-refractivity contribution >= 4 is 48.0 Å². The minimum Gasteiger partial charge on any atom is -0.334 e. The lowest BCUT2D eigenvalue weighted by Crippen LogP contribution is -2.42. The number of nitrogens with zero attached hydrogens (tertiary/aromatic N) is 1. The Kier molecular flexibility index (Phi) is 8.75. The van der Waals surface area contributed by atoms with Crippen LogP contribution in [0.15, 0.2) is 29.3 Å². The van der Waals surface area contributed by atoms with Crippen LogP contribution < -0.4 is 16.5 Å². The lowest BCUT2D eigenvalue weighted by Gasteiger charge is -2.21. The molecule has 0 unspecified atom stereocenters. The van der Waals surface area contributed by atoms with Gasteiger partial charge in [0.1, 0.15) is 7.85 Å². The molecule has 162 valence electrons. The Labute approximate surface area is 183 Å². The van der Waals surface area contributed by atoms with Gasteiger partial charge in [0.2, 0.25) is 0 Å². The van der Waals surface area contributed by atoms with Gasteiger partial charge in [-0.1, -0.05) is 24.2 Å². The molecule has 1 aromatic rings. The third-order valence-corrected chi connectivity index (χ3v) is 6.36. The van der Waals surface area contributed by atoms with Gasteiger partial charge < -0.3 is 16.0 Å². The summed E-state index contributed by atoms with van der Waals surface area (Å²) < 4.78 is 38.4. The molecule has 0 saturated carbocycles. The molecule has 3 N–H and O–H groups in total. The lowest BCUT2D eigenvalue weighted by molar-refractivity contribution is -0.185. The molecule has 1 heterocycles. The first kappa shape index (κ1) is 24.7. The number of benzene rings is 1. The van der Waals surface area contributed by atoms with Crippen molar-refractivity contribution in [3.05, 3.63) is 35.5 Å². The average Bonchev–Trinajstić information content (AvgIpc) is 2.89. The number of nitrogens with one attached hydrogen (secondary N) is 1. The molecule has 0 aromatic heterocycles. The first-order valence-electron chi connectivity index (χ1n) is 9.23. The van der Waals surface area contributed by atoms with Gasteiger partial charge in [0.25, 0.3) is 5.24 Å². The first-order valence-corrected chi connectivity index (χ1v) is 11.4. The quantitative estimate of drug-likeness (QED) is 0.507. The molecular weight excluding hydrogens is 434 g/mol. The number of hydrogen-bond acceptors (Lipinski definition) is 5. The number of amides is 2. The van der Waals surface area contributed by atoms with Crippen LogP contribution in [-0.4, -0.2) is 61.2 Å². The van der Waals surface area contributed by atoms with Gasteiger partial charge in [0.05, 0.1) is 0 Å². The summed E-state index contributed by atoms with van der Waals surface area (Å²) in [6.45, 7) is 3.65. The molecule has 0 bridgehead atoms. The molecule has 1 aromatic carbocycles. The zero-order chi connectivity index (χ0) is 22.5. The van der Waals surface area contributed by atoms with E-state index in [4.69, 9.17) is 13.6 Å². The second-order valence-electron chi connectivity index (χ2n) is 6.84. The smallest absolute Gasteiger partial charge is 0.334 e. The van der Waals surface area contributed by atoms with Crippen LogP contribution in [0.4, 0.5) is 18.0 Å². The van der Waals surface area contributed by atoms with Gasteiger partial charge >= 0.3 is 12.1 Å². The highest BCUT2D eigenvalue weighted by Gasteiger charge is 2.42. The summed E-state index contributed by atoms with van der Waals surface area (Å²) in [6, 6.07) is 2.97. The molecule has 2 radical (unpaired) electrons. The van der Waals surface area contributed by atoms with E-state index in [2.05, 4.69) is 11.9 Å². The summed E-state index contributed by atoms with van der Waals surface area (Å²) in [4.78, 5) is 25.4. The molecule has 2 amide bonds. The summed E-state index contributed by atoms with van der Waals surface area (Å²) >= 11 is 2.49. The van der Waals surface area contributed by atoms with Crippen LogP contribution in [0.2, 0.25) is 0 Å². The second-order valence-corrected chi connectivity index (χ2v) is 8.81. The van der Waals surface area contributed by atoms with Gasteiger partial charge in [0.15, 0.2) is 0 Å². The molecule has 1 aliphatic heterocycles. The highest BCUT2D eigenvalue weighted by atomic mass is 32.2. The SMILES string of the molecule is [B]c1ccc2c(c1SC(=O)NC(=C)[C@@H](N)CCSC)CCN(C(=O)C(F)(F)F)CC2. The fourth-order valence-electron chi connectivity index (χ4n) is 3.07. The van der Waals surface area contributed by atoms with Crippen molar-refractivity contribution in [2.75, 3.05) is 25.1 Å². The third-order valence-electron chi connectivity index (χ3n) is 4.74. The van der Waals surface area contributed by atoms with Gasteiger partial charge in [-0.05, 0) is 54.2 Å². The van der Waals surface area contributed by atoms with Crippen molar-refractivity contribution in [1.29, 1.82) is 0 Å². The molecule has 0 spiro atoms. The van der Waals surface area contributed by atoms with Crippen LogP contribution in [0.1, 0.15) is 17.5 Å². The Morgan fingerprint density at radius 3 is 2.63 bits per heavy atom. The van der Waals surface area contributed by atoms with E-state index >= 15 is 0 Å². The second kappa shape index (κ2) is 10.6. The number of rotatable bonds is 6. The summed E-state index contributed by atoms with van der Waals surface area (Å²) in [5.74, 6) is -1.03. The number of nitrogens with two attached hydrogens (primary N) is 1. The van der Waals surface area contributed by atoms with Crippen molar-refractivity contribution in [1.82, 2.24) is 10.2 Å². The van der Waals surface area contributed by atoms with E-state index in [9.17, 15) is 22.8 Å². The highest BCUT2D eigenvalue weighted by Crippen LogP contribution is 2.29. The van der Waals surface area contributed by atoms with E-state index in [0.717, 1.165) is 28.0 Å². The van der Waals surface area contributed by atoms with Crippen molar-refractivity contribution < 1.29 is 22.8 Å². The van der Waals surface area contributed by atoms with E-state index in [1.54, 1.807) is 23.9 Å². The zero-order valence-corrected chi connectivity index (χ0v) is 18.2. The maximum atomic E-state index is 12.8. The van der Waals surface area contributed by atoms with Crippen molar-refractivity contribution in [2.24, 2.45) is 5.73 Å². The standard InChI is InChI=1S/C19H23BF3N3O2S2/c1-11(15(24)7-10-29-2)25-18(28)30-16-13-6-9-26(17(27)19(21,22)23)8-5-12(13)3-4-14(16)20/h3-4,15H,1,5-10,24H2,2H3,(H,25,28)/t15-/m0/s1. The number of hydrogen-bond donors (Lipinski definition) is 2. The number of carbonyl (C=O) groups is 2. The van der Waals surface area contributed by atoms with Crippen molar-refractivity contribution in [3.8, 4) is 0 Å². The zero-order valence-electron chi connectivity index (χ0n) is 16.6. The summed E-state index contributed by atoms with van der Waals surface area (Å²) in [5.41, 5.74) is 8.19. The summed E-state index contributed by atoms with van der Waals surface area (Å²) in [6.07, 6.45) is -1.87. The van der Waals surface area contributed by atoms with Crippen molar-refractivity contribution in [2.45, 2.75) is 36.4 Å². The van der Waals surface area contributed by atoms with E-state index < -0.39 is 17.3 Å². The Morgan fingerprint density at radius 1 is 1.33 bits per heavy atom. The van der Waals surface area contributed by atoms with Crippen LogP contribution in [0.25, 0.3) is 0 Å². The predicted molar refractivity (Wildman–Crippen MR) is 116 cm³/mol. The molecule has 1 atom stereocenters. The topological polar surface area (TPSA) is 75.4 Å². The number of thioether (sulfide) groups is 2. The first-order chi connectivity index (χ1) is 14.0. The fourth-order valence-corrected chi connectivity index (χ4v) is 4.47. The molecule has 5 nitrogen and oxygen atoms in total. The number of carbonyl (C=O) groups excluding carboxylic acids is 2. The Hall–Kier alpha value is -1.59. The normalized spacial score (nSPS) is 15.2. The minimum absolute atomic E-state index is 0.0489. The Bertz CT molecular complexity index is 821. The number of halogens is 3. The van der Waals surface area contributed by atoms with Crippen molar-refractivity contribution in [3.63, 3.8) is 0 Å². The summed E-state index contributed by atoms with van der Waals surface area (Å²) in [5, 5.41) is 2.24. The number of fused-ring (bicyclic) bond motifs is 1. The van der Waals surface area contributed by atoms with Crippen LogP contribution in [0.5, 0.6) is 0 Å². The average molecular weight is 457 g/mol. The third kappa shape index (κ3) is 6.45. The van der Waals surface area contributed by atoms with E-state index in [0.29, 0.717) is 28.0 Å². The Morgan fingerprint density at radius 2 is 2.00 bits per heavy atom.